The van der Waals surface area contributed by atoms with Crippen LogP contribution in [0.3, 0.4) is 0 Å². The fourth-order valence-electron chi connectivity index (χ4n) is 3.29. The molecule has 108 valence electrons. The molecule has 4 heterocycles. The van der Waals surface area contributed by atoms with Crippen molar-refractivity contribution < 1.29 is 9.59 Å². The van der Waals surface area contributed by atoms with Gasteiger partial charge in [-0.15, -0.1) is 12.4 Å². The molecule has 0 saturated carbocycles. The Morgan fingerprint density at radius 3 is 2.26 bits per heavy atom. The molecule has 0 unspecified atom stereocenters. The van der Waals surface area contributed by atoms with Crippen molar-refractivity contribution in [2.24, 2.45) is 5.92 Å². The molecule has 2 bridgehead atoms. The summed E-state index contributed by atoms with van der Waals surface area (Å²) in [7, 11) is 0. The van der Waals surface area contributed by atoms with E-state index in [4.69, 9.17) is 0 Å². The lowest BCUT2D eigenvalue weighted by Gasteiger charge is -2.24. The van der Waals surface area contributed by atoms with Gasteiger partial charge in [-0.2, -0.15) is 0 Å². The molecule has 1 N–H and O–H groups in total. The van der Waals surface area contributed by atoms with Crippen molar-refractivity contribution in [1.82, 2.24) is 15.1 Å². The van der Waals surface area contributed by atoms with Crippen LogP contribution in [-0.4, -0.2) is 60.4 Å². The maximum absolute atomic E-state index is 12.3. The van der Waals surface area contributed by atoms with Crippen LogP contribution in [0, 0.1) is 5.92 Å². The van der Waals surface area contributed by atoms with E-state index in [1.807, 2.05) is 0 Å². The first kappa shape index (κ1) is 14.6. The number of hydrogen-bond donors (Lipinski definition) is 1. The third-order valence-electron chi connectivity index (χ3n) is 4.40. The van der Waals surface area contributed by atoms with E-state index >= 15 is 0 Å². The Morgan fingerprint density at radius 1 is 0.947 bits per heavy atom. The summed E-state index contributed by atoms with van der Waals surface area (Å²) in [5.74, 6) is -0.0367. The normalized spacial score (nSPS) is 29.9. The molecule has 0 radical (unpaired) electrons. The molecule has 2 amide bonds. The summed E-state index contributed by atoms with van der Waals surface area (Å²) in [5, 5.41) is 3.46. The van der Waals surface area contributed by atoms with Crippen molar-refractivity contribution in [3.63, 3.8) is 0 Å². The van der Waals surface area contributed by atoms with Crippen molar-refractivity contribution >= 4 is 24.2 Å². The fraction of sp³-hybridized carbons (Fsp3) is 0.846. The molecule has 6 heteroatoms. The first-order valence-corrected chi connectivity index (χ1v) is 7.05. The highest BCUT2D eigenvalue weighted by molar-refractivity contribution is 6.35. The van der Waals surface area contributed by atoms with Crippen LogP contribution in [0.2, 0.25) is 0 Å². The smallest absolute Gasteiger partial charge is 0.312 e. The van der Waals surface area contributed by atoms with Crippen LogP contribution in [0.5, 0.6) is 0 Å². The summed E-state index contributed by atoms with van der Waals surface area (Å²) >= 11 is 0. The number of fused-ring (bicyclic) bond motifs is 4. The molecular weight excluding hydrogens is 266 g/mol. The van der Waals surface area contributed by atoms with Crippen LogP contribution in [0.1, 0.15) is 25.7 Å². The summed E-state index contributed by atoms with van der Waals surface area (Å²) in [6.45, 7) is 3.95. The van der Waals surface area contributed by atoms with Gasteiger partial charge in [0.05, 0.1) is 0 Å². The van der Waals surface area contributed by atoms with Crippen LogP contribution in [0.25, 0.3) is 0 Å². The molecule has 0 aromatic carbocycles. The third-order valence-corrected chi connectivity index (χ3v) is 4.40. The lowest BCUT2D eigenvalue weighted by atomic mass is 9.97. The second-order valence-electron chi connectivity index (χ2n) is 5.76. The van der Waals surface area contributed by atoms with Gasteiger partial charge in [0.2, 0.25) is 0 Å². The molecule has 0 aliphatic carbocycles. The number of likely N-dealkylation sites (tertiary alicyclic amines) is 1. The lowest BCUT2D eigenvalue weighted by molar-refractivity contribution is -0.151. The van der Waals surface area contributed by atoms with Crippen LogP contribution in [0.4, 0.5) is 0 Å². The van der Waals surface area contributed by atoms with Gasteiger partial charge in [-0.3, -0.25) is 9.59 Å². The molecule has 0 aromatic heterocycles. The number of piperidine rings is 1. The fourth-order valence-corrected chi connectivity index (χ4v) is 3.29. The molecule has 4 fully saturated rings. The SMILES string of the molecule is Cl.O=C(C(=O)N1C[C@H]2CC[C@@H](C1)NC2)N1CCCC1. The Balaban J connectivity index is 0.00000133. The van der Waals surface area contributed by atoms with Gasteiger partial charge in [-0.25, -0.2) is 0 Å². The van der Waals surface area contributed by atoms with E-state index in [1.54, 1.807) is 9.80 Å². The quantitative estimate of drug-likeness (QED) is 0.650. The maximum Gasteiger partial charge on any atom is 0.312 e. The molecule has 5 nitrogen and oxygen atoms in total. The van der Waals surface area contributed by atoms with Crippen molar-refractivity contribution in [2.75, 3.05) is 32.7 Å². The zero-order valence-corrected chi connectivity index (χ0v) is 12.0. The van der Waals surface area contributed by atoms with Crippen LogP contribution in [-0.2, 0) is 9.59 Å². The van der Waals surface area contributed by atoms with Crippen LogP contribution >= 0.6 is 12.4 Å². The number of hydrogen-bond acceptors (Lipinski definition) is 3. The zero-order chi connectivity index (χ0) is 12.5. The van der Waals surface area contributed by atoms with Gasteiger partial charge >= 0.3 is 11.8 Å². The van der Waals surface area contributed by atoms with Crippen molar-refractivity contribution in [3.8, 4) is 0 Å². The van der Waals surface area contributed by atoms with Crippen molar-refractivity contribution in [2.45, 2.75) is 31.7 Å². The first-order chi connectivity index (χ1) is 8.74. The highest BCUT2D eigenvalue weighted by Gasteiger charge is 2.35. The molecule has 0 aromatic rings. The zero-order valence-electron chi connectivity index (χ0n) is 11.1. The number of nitrogens with zero attached hydrogens (tertiary/aromatic N) is 2. The minimum Gasteiger partial charge on any atom is -0.334 e. The van der Waals surface area contributed by atoms with Gasteiger partial charge in [-0.05, 0) is 38.1 Å². The molecule has 4 aliphatic heterocycles. The summed E-state index contributed by atoms with van der Waals surface area (Å²) in [4.78, 5) is 27.9. The van der Waals surface area contributed by atoms with Gasteiger partial charge in [0.25, 0.3) is 0 Å². The molecule has 0 spiro atoms. The van der Waals surface area contributed by atoms with E-state index in [0.717, 1.165) is 45.4 Å². The average Bonchev–Trinajstić information content (AvgIpc) is 2.76. The number of carbonyl (C=O) groups excluding carboxylic acids is 2. The van der Waals surface area contributed by atoms with Crippen LogP contribution < -0.4 is 5.32 Å². The van der Waals surface area contributed by atoms with Gasteiger partial charge in [0.15, 0.2) is 0 Å². The second kappa shape index (κ2) is 6.09. The molecule has 4 aliphatic rings. The van der Waals surface area contributed by atoms with E-state index in [-0.39, 0.29) is 24.2 Å². The maximum atomic E-state index is 12.3. The van der Waals surface area contributed by atoms with E-state index < -0.39 is 0 Å². The number of rotatable bonds is 0. The molecule has 19 heavy (non-hydrogen) atoms. The van der Waals surface area contributed by atoms with E-state index in [9.17, 15) is 9.59 Å². The van der Waals surface area contributed by atoms with Gasteiger partial charge in [0.1, 0.15) is 0 Å². The molecule has 2 atom stereocenters. The minimum atomic E-state index is -0.284. The first-order valence-electron chi connectivity index (χ1n) is 7.05. The predicted octanol–water partition coefficient (Wildman–Crippen LogP) is 0.241. The van der Waals surface area contributed by atoms with Crippen molar-refractivity contribution in [3.05, 3.63) is 0 Å². The van der Waals surface area contributed by atoms with Crippen LogP contribution in [0.15, 0.2) is 0 Å². The van der Waals surface area contributed by atoms with E-state index in [1.165, 1.54) is 6.42 Å². The van der Waals surface area contributed by atoms with Gasteiger partial charge in [0, 0.05) is 32.2 Å². The second-order valence-corrected chi connectivity index (χ2v) is 5.76. The monoisotopic (exact) mass is 287 g/mol. The number of carbonyl (C=O) groups is 2. The Hall–Kier alpha value is -0.810. The lowest BCUT2D eigenvalue weighted by Crippen LogP contribution is -2.47. The highest BCUT2D eigenvalue weighted by atomic mass is 35.5. The number of nitrogens with one attached hydrogen (secondary N) is 1. The highest BCUT2D eigenvalue weighted by Crippen LogP contribution is 2.22. The summed E-state index contributed by atoms with van der Waals surface area (Å²) in [6.07, 6.45) is 4.38. The van der Waals surface area contributed by atoms with E-state index in [2.05, 4.69) is 5.32 Å². The Labute approximate surface area is 120 Å². The van der Waals surface area contributed by atoms with Gasteiger partial charge < -0.3 is 15.1 Å². The van der Waals surface area contributed by atoms with E-state index in [0.29, 0.717) is 18.5 Å². The Kier molecular flexibility index (Phi) is 4.68. The Morgan fingerprint density at radius 2 is 1.63 bits per heavy atom. The topological polar surface area (TPSA) is 52.7 Å². The standard InChI is InChI=1S/C13H21N3O2.ClH/c17-12(15-5-1-2-6-15)13(18)16-8-10-3-4-11(9-16)14-7-10;/h10-11,14H,1-9H2;1H/t10-,11-;/m0./s1. The largest absolute Gasteiger partial charge is 0.334 e. The van der Waals surface area contributed by atoms with Gasteiger partial charge in [-0.1, -0.05) is 0 Å². The third kappa shape index (κ3) is 3.03. The summed E-state index contributed by atoms with van der Waals surface area (Å²) < 4.78 is 0. The molecular formula is C13H22ClN3O2. The Bertz CT molecular complexity index is 336. The summed E-state index contributed by atoms with van der Waals surface area (Å²) in [6, 6.07) is 0.388. The number of halogens is 1. The average molecular weight is 288 g/mol. The number of amides is 2. The predicted molar refractivity (Wildman–Crippen MR) is 74.2 cm³/mol. The molecule has 4 saturated heterocycles. The summed E-state index contributed by atoms with van der Waals surface area (Å²) in [5.41, 5.74) is 0. The van der Waals surface area contributed by atoms with Crippen molar-refractivity contribution in [1.29, 1.82) is 0 Å². The molecule has 4 rings (SSSR count). The minimum absolute atomic E-state index is 0.